The van der Waals surface area contributed by atoms with E-state index in [0.29, 0.717) is 26.7 Å². The highest BCUT2D eigenvalue weighted by Gasteiger charge is 2.14. The quantitative estimate of drug-likeness (QED) is 0.788. The van der Waals surface area contributed by atoms with Gasteiger partial charge in [-0.25, -0.2) is 4.39 Å². The van der Waals surface area contributed by atoms with E-state index < -0.39 is 5.82 Å². The molecule has 4 heteroatoms. The van der Waals surface area contributed by atoms with Crippen molar-refractivity contribution in [3.05, 3.63) is 51.8 Å². The summed E-state index contributed by atoms with van der Waals surface area (Å²) in [5.74, 6) is -0.643. The monoisotopic (exact) mass is 270 g/mol. The average Bonchev–Trinajstić information content (AvgIpc) is 2.24. The zero-order valence-corrected chi connectivity index (χ0v) is 10.5. The summed E-state index contributed by atoms with van der Waals surface area (Å²) in [7, 11) is 0. The molecule has 0 radical (unpaired) electrons. The fourth-order valence-corrected chi connectivity index (χ4v) is 2.28. The zero-order chi connectivity index (χ0) is 12.6. The summed E-state index contributed by atoms with van der Waals surface area (Å²) in [6.45, 7) is 1.68. The number of halogens is 3. The number of phenolic OH excluding ortho intramolecular Hbond substituents is 1. The number of hydrogen-bond donors (Lipinski definition) is 1. The van der Waals surface area contributed by atoms with Crippen molar-refractivity contribution in [2.45, 2.75) is 6.92 Å². The van der Waals surface area contributed by atoms with Crippen LogP contribution in [0.15, 0.2) is 30.3 Å². The van der Waals surface area contributed by atoms with Crippen LogP contribution in [0.1, 0.15) is 5.56 Å². The predicted octanol–water partition coefficient (Wildman–Crippen LogP) is 4.81. The number of rotatable bonds is 1. The maximum absolute atomic E-state index is 13.3. The van der Waals surface area contributed by atoms with E-state index in [0.717, 1.165) is 6.07 Å². The van der Waals surface area contributed by atoms with Gasteiger partial charge in [0.05, 0.1) is 0 Å². The van der Waals surface area contributed by atoms with Crippen LogP contribution in [0.5, 0.6) is 5.75 Å². The third-order valence-electron chi connectivity index (χ3n) is 2.58. The second-order valence-corrected chi connectivity index (χ2v) is 4.51. The second-order valence-electron chi connectivity index (χ2n) is 3.69. The van der Waals surface area contributed by atoms with Gasteiger partial charge in [-0.05, 0) is 36.2 Å². The first-order valence-corrected chi connectivity index (χ1v) is 5.70. The van der Waals surface area contributed by atoms with Crippen LogP contribution in [0.25, 0.3) is 11.1 Å². The Hall–Kier alpha value is -1.25. The maximum Gasteiger partial charge on any atom is 0.127 e. The minimum atomic E-state index is -0.529. The molecule has 2 aromatic rings. The molecule has 0 saturated carbocycles. The van der Waals surface area contributed by atoms with Crippen LogP contribution in [0.4, 0.5) is 4.39 Å². The van der Waals surface area contributed by atoms with Gasteiger partial charge in [0.2, 0.25) is 0 Å². The summed E-state index contributed by atoms with van der Waals surface area (Å²) in [6, 6.07) is 7.42. The van der Waals surface area contributed by atoms with Gasteiger partial charge < -0.3 is 5.11 Å². The summed E-state index contributed by atoms with van der Waals surface area (Å²) in [4.78, 5) is 0. The molecular weight excluding hydrogens is 262 g/mol. The SMILES string of the molecule is Cc1c(O)cc(F)cc1-c1c(Cl)cccc1Cl. The van der Waals surface area contributed by atoms with E-state index in [1.165, 1.54) is 6.07 Å². The highest BCUT2D eigenvalue weighted by atomic mass is 35.5. The highest BCUT2D eigenvalue weighted by molar-refractivity contribution is 6.39. The maximum atomic E-state index is 13.3. The van der Waals surface area contributed by atoms with Gasteiger partial charge in [0.25, 0.3) is 0 Å². The zero-order valence-electron chi connectivity index (χ0n) is 8.97. The molecule has 1 nitrogen and oxygen atoms in total. The van der Waals surface area contributed by atoms with Gasteiger partial charge >= 0.3 is 0 Å². The van der Waals surface area contributed by atoms with Gasteiger partial charge in [0.1, 0.15) is 11.6 Å². The van der Waals surface area contributed by atoms with Gasteiger partial charge in [0, 0.05) is 21.7 Å². The van der Waals surface area contributed by atoms with Gasteiger partial charge in [-0.1, -0.05) is 29.3 Å². The summed E-state index contributed by atoms with van der Waals surface area (Å²) in [5, 5.41) is 10.4. The Morgan fingerprint density at radius 3 is 2.29 bits per heavy atom. The van der Waals surface area contributed by atoms with Crippen LogP contribution in [-0.2, 0) is 0 Å². The Labute approximate surface area is 108 Å². The lowest BCUT2D eigenvalue weighted by Crippen LogP contribution is -1.89. The molecule has 0 aliphatic heterocycles. The lowest BCUT2D eigenvalue weighted by atomic mass is 9.99. The molecule has 0 aliphatic carbocycles. The normalized spacial score (nSPS) is 10.6. The highest BCUT2D eigenvalue weighted by Crippen LogP contribution is 2.39. The molecule has 0 unspecified atom stereocenters. The molecule has 0 aromatic heterocycles. The topological polar surface area (TPSA) is 20.2 Å². The largest absolute Gasteiger partial charge is 0.508 e. The molecule has 0 aliphatic rings. The van der Waals surface area contributed by atoms with Gasteiger partial charge in [-0.2, -0.15) is 0 Å². The van der Waals surface area contributed by atoms with E-state index in [9.17, 15) is 9.50 Å². The predicted molar refractivity (Wildman–Crippen MR) is 68.3 cm³/mol. The van der Waals surface area contributed by atoms with Crippen molar-refractivity contribution in [2.75, 3.05) is 0 Å². The third kappa shape index (κ3) is 2.24. The molecule has 0 bridgehead atoms. The van der Waals surface area contributed by atoms with Crippen LogP contribution in [0, 0.1) is 12.7 Å². The van der Waals surface area contributed by atoms with E-state index in [1.54, 1.807) is 25.1 Å². The molecule has 88 valence electrons. The van der Waals surface area contributed by atoms with E-state index in [4.69, 9.17) is 23.2 Å². The fraction of sp³-hybridized carbons (Fsp3) is 0.0769. The molecule has 0 spiro atoms. The molecule has 2 rings (SSSR count). The van der Waals surface area contributed by atoms with E-state index in [2.05, 4.69) is 0 Å². The third-order valence-corrected chi connectivity index (χ3v) is 3.21. The Bertz CT molecular complexity index is 562. The second kappa shape index (κ2) is 4.55. The van der Waals surface area contributed by atoms with E-state index >= 15 is 0 Å². The van der Waals surface area contributed by atoms with Crippen molar-refractivity contribution < 1.29 is 9.50 Å². The minimum absolute atomic E-state index is 0.115. The first-order chi connectivity index (χ1) is 8.00. The molecule has 2 aromatic carbocycles. The summed E-state index contributed by atoms with van der Waals surface area (Å²) < 4.78 is 13.3. The van der Waals surface area contributed by atoms with Crippen molar-refractivity contribution in [3.8, 4) is 16.9 Å². The van der Waals surface area contributed by atoms with Crippen molar-refractivity contribution in [2.24, 2.45) is 0 Å². The Morgan fingerprint density at radius 2 is 1.71 bits per heavy atom. The summed E-state index contributed by atoms with van der Waals surface area (Å²) in [6.07, 6.45) is 0. The Balaban J connectivity index is 2.77. The molecule has 0 fully saturated rings. The smallest absolute Gasteiger partial charge is 0.127 e. The molecule has 0 saturated heterocycles. The lowest BCUT2D eigenvalue weighted by molar-refractivity contribution is 0.465. The van der Waals surface area contributed by atoms with Crippen LogP contribution < -0.4 is 0 Å². The van der Waals surface area contributed by atoms with E-state index in [1.807, 2.05) is 0 Å². The van der Waals surface area contributed by atoms with Crippen LogP contribution in [0.2, 0.25) is 10.0 Å². The first kappa shape index (κ1) is 12.2. The van der Waals surface area contributed by atoms with Crippen LogP contribution in [-0.4, -0.2) is 5.11 Å². The number of hydrogen-bond acceptors (Lipinski definition) is 1. The Kier molecular flexibility index (Phi) is 3.27. The van der Waals surface area contributed by atoms with Crippen LogP contribution >= 0.6 is 23.2 Å². The van der Waals surface area contributed by atoms with Gasteiger partial charge in [-0.15, -0.1) is 0 Å². The average molecular weight is 271 g/mol. The molecule has 0 heterocycles. The van der Waals surface area contributed by atoms with Gasteiger partial charge in [0.15, 0.2) is 0 Å². The van der Waals surface area contributed by atoms with Gasteiger partial charge in [-0.3, -0.25) is 0 Å². The number of aromatic hydroxyl groups is 1. The van der Waals surface area contributed by atoms with Crippen molar-refractivity contribution in [3.63, 3.8) is 0 Å². The minimum Gasteiger partial charge on any atom is -0.508 e. The van der Waals surface area contributed by atoms with Crippen molar-refractivity contribution >= 4 is 23.2 Å². The lowest BCUT2D eigenvalue weighted by Gasteiger charge is -2.11. The number of phenols is 1. The molecular formula is C13H9Cl2FO. The Morgan fingerprint density at radius 1 is 1.12 bits per heavy atom. The van der Waals surface area contributed by atoms with Crippen molar-refractivity contribution in [1.82, 2.24) is 0 Å². The molecule has 17 heavy (non-hydrogen) atoms. The fourth-order valence-electron chi connectivity index (χ4n) is 1.68. The summed E-state index contributed by atoms with van der Waals surface area (Å²) >= 11 is 12.1. The first-order valence-electron chi connectivity index (χ1n) is 4.94. The molecule has 0 atom stereocenters. The summed E-state index contributed by atoms with van der Waals surface area (Å²) in [5.41, 5.74) is 1.57. The van der Waals surface area contributed by atoms with Crippen molar-refractivity contribution in [1.29, 1.82) is 0 Å². The van der Waals surface area contributed by atoms with Crippen LogP contribution in [0.3, 0.4) is 0 Å². The molecule has 1 N–H and O–H groups in total. The number of benzene rings is 2. The van der Waals surface area contributed by atoms with E-state index in [-0.39, 0.29) is 5.75 Å². The molecule has 0 amide bonds. The standard InChI is InChI=1S/C13H9Cl2FO/c1-7-9(5-8(16)6-12(7)17)13-10(14)3-2-4-11(13)15/h2-6,17H,1H3.